The Morgan fingerprint density at radius 3 is 2.15 bits per heavy atom. The number of rotatable bonds is 9. The third kappa shape index (κ3) is 6.86. The van der Waals surface area contributed by atoms with E-state index in [4.69, 9.17) is 21.1 Å². The van der Waals surface area contributed by atoms with Crippen molar-refractivity contribution in [2.45, 2.75) is 51.7 Å². The molecule has 2 aromatic rings. The summed E-state index contributed by atoms with van der Waals surface area (Å²) in [5.74, 6) is 1.71. The Kier molecular flexibility index (Phi) is 8.18. The highest BCUT2D eigenvalue weighted by atomic mass is 35.5. The van der Waals surface area contributed by atoms with Crippen LogP contribution in [0, 0.1) is 13.8 Å². The Labute approximate surface area is 203 Å². The van der Waals surface area contributed by atoms with Crippen molar-refractivity contribution in [3.8, 4) is 11.5 Å². The van der Waals surface area contributed by atoms with E-state index in [1.807, 2.05) is 26.0 Å². The molecule has 0 radical (unpaired) electrons. The van der Waals surface area contributed by atoms with Crippen LogP contribution >= 0.6 is 11.6 Å². The van der Waals surface area contributed by atoms with Gasteiger partial charge in [-0.15, -0.1) is 0 Å². The van der Waals surface area contributed by atoms with Gasteiger partial charge in [-0.2, -0.15) is 0 Å². The quantitative estimate of drug-likeness (QED) is 0.566. The summed E-state index contributed by atoms with van der Waals surface area (Å²) in [6, 6.07) is 12.3. The van der Waals surface area contributed by atoms with Gasteiger partial charge in [0, 0.05) is 31.2 Å². The average Bonchev–Trinajstić information content (AvgIpc) is 3.32. The van der Waals surface area contributed by atoms with E-state index in [1.165, 1.54) is 31.5 Å². The first kappa shape index (κ1) is 24.3. The lowest BCUT2D eigenvalue weighted by molar-refractivity contribution is -0.0537. The van der Waals surface area contributed by atoms with E-state index in [0.29, 0.717) is 19.4 Å². The fourth-order valence-electron chi connectivity index (χ4n) is 4.73. The largest absolute Gasteiger partial charge is 0.492 e. The zero-order valence-electron chi connectivity index (χ0n) is 20.0. The third-order valence-corrected chi connectivity index (χ3v) is 7.50. The molecule has 0 aromatic heterocycles. The fraction of sp³-hybridized carbons (Fsp3) is 0.556. The molecule has 0 atom stereocenters. The third-order valence-electron chi connectivity index (χ3n) is 6.91. The minimum Gasteiger partial charge on any atom is -0.492 e. The van der Waals surface area contributed by atoms with Gasteiger partial charge in [-0.3, -0.25) is 9.80 Å². The van der Waals surface area contributed by atoms with Gasteiger partial charge in [0.25, 0.3) is 0 Å². The number of halogens is 1. The number of aryl methyl sites for hydroxylation is 2. The predicted molar refractivity (Wildman–Crippen MR) is 133 cm³/mol. The summed E-state index contributed by atoms with van der Waals surface area (Å²) in [4.78, 5) is 4.86. The number of hydrogen-bond acceptors (Lipinski definition) is 5. The number of likely N-dealkylation sites (tertiary alicyclic amines) is 2. The van der Waals surface area contributed by atoms with Crippen molar-refractivity contribution in [1.29, 1.82) is 0 Å². The van der Waals surface area contributed by atoms with Gasteiger partial charge in [0.1, 0.15) is 30.3 Å². The molecule has 33 heavy (non-hydrogen) atoms. The van der Waals surface area contributed by atoms with Gasteiger partial charge in [0.15, 0.2) is 0 Å². The van der Waals surface area contributed by atoms with Crippen molar-refractivity contribution in [1.82, 2.24) is 9.80 Å². The van der Waals surface area contributed by atoms with Crippen molar-refractivity contribution in [3.05, 3.63) is 58.1 Å². The summed E-state index contributed by atoms with van der Waals surface area (Å²) in [7, 11) is 0. The first-order chi connectivity index (χ1) is 15.9. The molecule has 2 aliphatic heterocycles. The molecule has 1 N–H and O–H groups in total. The molecule has 180 valence electrons. The molecule has 6 heteroatoms. The minimum atomic E-state index is -0.787. The monoisotopic (exact) mass is 472 g/mol. The molecule has 2 aliphatic rings. The maximum Gasteiger partial charge on any atom is 0.120 e. The van der Waals surface area contributed by atoms with Gasteiger partial charge >= 0.3 is 0 Å². The Balaban J connectivity index is 1.19. The minimum absolute atomic E-state index is 0.310. The van der Waals surface area contributed by atoms with Gasteiger partial charge in [-0.05, 0) is 93.6 Å². The lowest BCUT2D eigenvalue weighted by Crippen LogP contribution is -2.47. The maximum atomic E-state index is 11.0. The molecule has 0 aliphatic carbocycles. The lowest BCUT2D eigenvalue weighted by Gasteiger charge is -2.38. The van der Waals surface area contributed by atoms with E-state index in [1.54, 1.807) is 0 Å². The number of ether oxygens (including phenoxy) is 2. The Morgan fingerprint density at radius 1 is 0.879 bits per heavy atom. The lowest BCUT2D eigenvalue weighted by atomic mass is 9.92. The molecule has 0 unspecified atom stereocenters. The predicted octanol–water partition coefficient (Wildman–Crippen LogP) is 4.84. The van der Waals surface area contributed by atoms with Crippen LogP contribution in [0.15, 0.2) is 36.4 Å². The summed E-state index contributed by atoms with van der Waals surface area (Å²) >= 11 is 6.24. The SMILES string of the molecule is Cc1cc(OCC2(O)CCN(Cc3ccc(OCCN4CCCC4)cc3)CC2)cc(C)c1Cl. The smallest absolute Gasteiger partial charge is 0.120 e. The van der Waals surface area contributed by atoms with Crippen molar-refractivity contribution < 1.29 is 14.6 Å². The topological polar surface area (TPSA) is 45.2 Å². The Hall–Kier alpha value is -1.79. The van der Waals surface area contributed by atoms with E-state index in [-0.39, 0.29) is 0 Å². The van der Waals surface area contributed by atoms with Gasteiger partial charge in [-0.25, -0.2) is 0 Å². The molecule has 5 nitrogen and oxygen atoms in total. The molecule has 4 rings (SSSR count). The van der Waals surface area contributed by atoms with Crippen LogP contribution in [0.3, 0.4) is 0 Å². The van der Waals surface area contributed by atoms with E-state index in [2.05, 4.69) is 34.1 Å². The van der Waals surface area contributed by atoms with Crippen LogP contribution in [-0.2, 0) is 6.54 Å². The first-order valence-electron chi connectivity index (χ1n) is 12.2. The van der Waals surface area contributed by atoms with Crippen LogP contribution in [0.4, 0.5) is 0 Å². The number of hydrogen-bond donors (Lipinski definition) is 1. The van der Waals surface area contributed by atoms with Crippen molar-refractivity contribution in [2.24, 2.45) is 0 Å². The van der Waals surface area contributed by atoms with Crippen molar-refractivity contribution in [2.75, 3.05) is 45.9 Å². The summed E-state index contributed by atoms with van der Waals surface area (Å²) < 4.78 is 11.9. The number of benzene rings is 2. The highest BCUT2D eigenvalue weighted by Gasteiger charge is 2.33. The zero-order chi connectivity index (χ0) is 23.3. The highest BCUT2D eigenvalue weighted by molar-refractivity contribution is 6.32. The Bertz CT molecular complexity index is 881. The van der Waals surface area contributed by atoms with Crippen molar-refractivity contribution in [3.63, 3.8) is 0 Å². The summed E-state index contributed by atoms with van der Waals surface area (Å²) in [5.41, 5.74) is 2.48. The molecule has 2 aromatic carbocycles. The van der Waals surface area contributed by atoms with Crippen molar-refractivity contribution >= 4 is 11.6 Å². The molecule has 0 spiro atoms. The van der Waals surface area contributed by atoms with E-state index in [0.717, 1.165) is 60.4 Å². The number of nitrogens with zero attached hydrogens (tertiary/aromatic N) is 2. The molecule has 2 heterocycles. The van der Waals surface area contributed by atoms with E-state index < -0.39 is 5.60 Å². The Morgan fingerprint density at radius 2 is 1.52 bits per heavy atom. The highest BCUT2D eigenvalue weighted by Crippen LogP contribution is 2.29. The molecule has 0 bridgehead atoms. The van der Waals surface area contributed by atoms with Crippen LogP contribution < -0.4 is 9.47 Å². The van der Waals surface area contributed by atoms with Crippen LogP contribution in [0.5, 0.6) is 11.5 Å². The summed E-state index contributed by atoms with van der Waals surface area (Å²) in [6.07, 6.45) is 4.04. The summed E-state index contributed by atoms with van der Waals surface area (Å²) in [5, 5.41) is 11.8. The second kappa shape index (κ2) is 11.1. The molecule has 2 saturated heterocycles. The summed E-state index contributed by atoms with van der Waals surface area (Å²) in [6.45, 7) is 11.0. The standard InChI is InChI=1S/C27H37ClN2O3/c1-21-17-25(18-22(2)26(21)28)33-20-27(31)9-13-30(14-10-27)19-23-5-7-24(8-6-23)32-16-15-29-11-3-4-12-29/h5-8,17-18,31H,3-4,9-16,19-20H2,1-2H3. The molecule has 2 fully saturated rings. The number of aliphatic hydroxyl groups is 1. The van der Waals surface area contributed by atoms with Crippen LogP contribution in [-0.4, -0.2) is 66.4 Å². The molecular formula is C27H37ClN2O3. The first-order valence-corrected chi connectivity index (χ1v) is 12.6. The second-order valence-corrected chi connectivity index (χ2v) is 10.1. The van der Waals surface area contributed by atoms with Gasteiger partial charge in [-0.1, -0.05) is 23.7 Å². The second-order valence-electron chi connectivity index (χ2n) is 9.70. The zero-order valence-corrected chi connectivity index (χ0v) is 20.7. The van der Waals surface area contributed by atoms with E-state index >= 15 is 0 Å². The van der Waals surface area contributed by atoms with Gasteiger partial charge < -0.3 is 14.6 Å². The number of piperidine rings is 1. The van der Waals surface area contributed by atoms with E-state index in [9.17, 15) is 5.11 Å². The molecule has 0 saturated carbocycles. The average molecular weight is 473 g/mol. The van der Waals surface area contributed by atoms with Gasteiger partial charge in [0.2, 0.25) is 0 Å². The fourth-order valence-corrected chi connectivity index (χ4v) is 4.84. The van der Waals surface area contributed by atoms with Crippen LogP contribution in [0.2, 0.25) is 5.02 Å². The van der Waals surface area contributed by atoms with Crippen LogP contribution in [0.25, 0.3) is 0 Å². The normalized spacial score (nSPS) is 19.0. The van der Waals surface area contributed by atoms with Crippen LogP contribution in [0.1, 0.15) is 42.4 Å². The van der Waals surface area contributed by atoms with Gasteiger partial charge in [0.05, 0.1) is 0 Å². The molecular weight excluding hydrogens is 436 g/mol. The maximum absolute atomic E-state index is 11.0. The molecule has 0 amide bonds.